The molecule has 140 valence electrons. The molecule has 7 heteroatoms. The van der Waals surface area contributed by atoms with Crippen molar-refractivity contribution in [3.63, 3.8) is 0 Å². The van der Waals surface area contributed by atoms with Gasteiger partial charge in [0.1, 0.15) is 5.75 Å². The number of methoxy groups -OCH3 is 1. The normalized spacial score (nSPS) is 15.1. The molecular formula is C20H21ClN4O2. The molecule has 1 saturated heterocycles. The van der Waals surface area contributed by atoms with E-state index < -0.39 is 0 Å². The topological polar surface area (TPSA) is 54.6 Å². The Balaban J connectivity index is 1.36. The van der Waals surface area contributed by atoms with E-state index in [1.807, 2.05) is 42.5 Å². The van der Waals surface area contributed by atoms with Crippen LogP contribution in [-0.4, -0.2) is 48.3 Å². The van der Waals surface area contributed by atoms with Crippen LogP contribution in [0.4, 0.5) is 5.69 Å². The van der Waals surface area contributed by atoms with Gasteiger partial charge >= 0.3 is 0 Å². The molecular weight excluding hydrogens is 364 g/mol. The average Bonchev–Trinajstić information content (AvgIpc) is 3.17. The highest BCUT2D eigenvalue weighted by Gasteiger charge is 2.20. The predicted octanol–water partition coefficient (Wildman–Crippen LogP) is 3.72. The van der Waals surface area contributed by atoms with Gasteiger partial charge in [-0.1, -0.05) is 35.0 Å². The van der Waals surface area contributed by atoms with Crippen molar-refractivity contribution < 1.29 is 9.26 Å². The van der Waals surface area contributed by atoms with E-state index >= 15 is 0 Å². The van der Waals surface area contributed by atoms with Gasteiger partial charge in [0.25, 0.3) is 0 Å². The zero-order valence-electron chi connectivity index (χ0n) is 15.1. The lowest BCUT2D eigenvalue weighted by Gasteiger charge is -2.35. The first kappa shape index (κ1) is 17.8. The van der Waals surface area contributed by atoms with E-state index in [4.69, 9.17) is 20.9 Å². The van der Waals surface area contributed by atoms with Crippen LogP contribution in [0.3, 0.4) is 0 Å². The lowest BCUT2D eigenvalue weighted by molar-refractivity contribution is 0.215. The first-order valence-corrected chi connectivity index (χ1v) is 9.29. The first-order chi connectivity index (χ1) is 13.2. The molecule has 0 atom stereocenters. The summed E-state index contributed by atoms with van der Waals surface area (Å²) in [5.41, 5.74) is 2.05. The zero-order chi connectivity index (χ0) is 18.6. The van der Waals surface area contributed by atoms with Gasteiger partial charge in [0.05, 0.1) is 13.7 Å². The summed E-state index contributed by atoms with van der Waals surface area (Å²) in [5.74, 6) is 1.99. The number of hydrogen-bond donors (Lipinski definition) is 0. The molecule has 0 amide bonds. The molecule has 27 heavy (non-hydrogen) atoms. The summed E-state index contributed by atoms with van der Waals surface area (Å²) in [5, 5.41) is 4.88. The van der Waals surface area contributed by atoms with Gasteiger partial charge in [-0.25, -0.2) is 0 Å². The Labute approximate surface area is 163 Å². The molecule has 0 spiro atoms. The van der Waals surface area contributed by atoms with Gasteiger partial charge < -0.3 is 14.2 Å². The third-order valence-electron chi connectivity index (χ3n) is 4.70. The van der Waals surface area contributed by atoms with Crippen molar-refractivity contribution in [3.05, 3.63) is 59.4 Å². The molecule has 0 N–H and O–H groups in total. The number of halogens is 1. The van der Waals surface area contributed by atoms with Gasteiger partial charge in [-0.05, 0) is 30.3 Å². The number of hydrogen-bond acceptors (Lipinski definition) is 6. The Kier molecular flexibility index (Phi) is 5.27. The van der Waals surface area contributed by atoms with Gasteiger partial charge in [0.15, 0.2) is 0 Å². The number of aromatic nitrogens is 2. The number of nitrogens with zero attached hydrogens (tertiary/aromatic N) is 4. The smallest absolute Gasteiger partial charge is 0.241 e. The fraction of sp³-hybridized carbons (Fsp3) is 0.300. The molecule has 0 unspecified atom stereocenters. The van der Waals surface area contributed by atoms with Crippen LogP contribution >= 0.6 is 11.6 Å². The molecule has 0 radical (unpaired) electrons. The second kappa shape index (κ2) is 7.98. The average molecular weight is 385 g/mol. The Morgan fingerprint density at radius 2 is 1.89 bits per heavy atom. The van der Waals surface area contributed by atoms with E-state index in [0.717, 1.165) is 42.5 Å². The third-order valence-corrected chi connectivity index (χ3v) is 4.94. The first-order valence-electron chi connectivity index (χ1n) is 8.91. The van der Waals surface area contributed by atoms with E-state index in [2.05, 4.69) is 26.0 Å². The minimum absolute atomic E-state index is 0.585. The van der Waals surface area contributed by atoms with Gasteiger partial charge in [-0.15, -0.1) is 0 Å². The fourth-order valence-electron chi connectivity index (χ4n) is 3.23. The van der Waals surface area contributed by atoms with E-state index in [-0.39, 0.29) is 0 Å². The Morgan fingerprint density at radius 3 is 2.67 bits per heavy atom. The Bertz CT molecular complexity index is 906. The molecule has 1 aliphatic heterocycles. The van der Waals surface area contributed by atoms with Crippen LogP contribution in [0, 0.1) is 0 Å². The van der Waals surface area contributed by atoms with E-state index in [1.54, 1.807) is 7.11 Å². The second-order valence-electron chi connectivity index (χ2n) is 6.49. The van der Waals surface area contributed by atoms with Gasteiger partial charge in [0, 0.05) is 42.5 Å². The third kappa shape index (κ3) is 4.23. The van der Waals surface area contributed by atoms with Crippen LogP contribution in [-0.2, 0) is 6.54 Å². The van der Waals surface area contributed by atoms with E-state index in [1.165, 1.54) is 5.69 Å². The number of anilines is 1. The summed E-state index contributed by atoms with van der Waals surface area (Å²) in [6.07, 6.45) is 0. The maximum absolute atomic E-state index is 6.10. The summed E-state index contributed by atoms with van der Waals surface area (Å²) >= 11 is 6.10. The quantitative estimate of drug-likeness (QED) is 0.668. The number of rotatable bonds is 5. The summed E-state index contributed by atoms with van der Waals surface area (Å²) in [6.45, 7) is 4.40. The lowest BCUT2D eigenvalue weighted by Crippen LogP contribution is -2.46. The van der Waals surface area contributed by atoms with Gasteiger partial charge in [-0.3, -0.25) is 4.90 Å². The predicted molar refractivity (Wildman–Crippen MR) is 105 cm³/mol. The van der Waals surface area contributed by atoms with Crippen molar-refractivity contribution in [2.45, 2.75) is 6.54 Å². The maximum atomic E-state index is 6.10. The van der Waals surface area contributed by atoms with Crippen molar-refractivity contribution in [2.75, 3.05) is 38.2 Å². The molecule has 4 rings (SSSR count). The number of benzene rings is 2. The maximum Gasteiger partial charge on any atom is 0.241 e. The molecule has 1 fully saturated rings. The summed E-state index contributed by atoms with van der Waals surface area (Å²) in [6, 6.07) is 15.7. The highest BCUT2D eigenvalue weighted by atomic mass is 35.5. The molecule has 6 nitrogen and oxygen atoms in total. The van der Waals surface area contributed by atoms with E-state index in [0.29, 0.717) is 18.3 Å². The van der Waals surface area contributed by atoms with Crippen molar-refractivity contribution in [1.82, 2.24) is 15.0 Å². The van der Waals surface area contributed by atoms with Crippen molar-refractivity contribution in [3.8, 4) is 17.1 Å². The molecule has 0 aliphatic carbocycles. The second-order valence-corrected chi connectivity index (χ2v) is 6.92. The lowest BCUT2D eigenvalue weighted by atomic mass is 10.2. The number of piperazine rings is 1. The zero-order valence-corrected chi connectivity index (χ0v) is 15.9. The highest BCUT2D eigenvalue weighted by molar-refractivity contribution is 6.30. The van der Waals surface area contributed by atoms with Crippen molar-refractivity contribution >= 4 is 17.3 Å². The Hall–Kier alpha value is -2.57. The summed E-state index contributed by atoms with van der Waals surface area (Å²) < 4.78 is 10.7. The standard InChI is InChI=1S/C20H21ClN4O2/c1-26-18-7-2-4-15(12-18)20-22-19(27-23-20)14-24-8-10-25(11-9-24)17-6-3-5-16(21)13-17/h2-7,12-13H,8-11,14H2,1H3. The molecule has 1 aromatic heterocycles. The number of ether oxygens (including phenoxy) is 1. The van der Waals surface area contributed by atoms with Crippen LogP contribution in [0.5, 0.6) is 5.75 Å². The van der Waals surface area contributed by atoms with Gasteiger partial charge in [-0.2, -0.15) is 4.98 Å². The monoisotopic (exact) mass is 384 g/mol. The fourth-order valence-corrected chi connectivity index (χ4v) is 3.41. The minimum atomic E-state index is 0.585. The SMILES string of the molecule is COc1cccc(-c2noc(CN3CCN(c4cccc(Cl)c4)CC3)n2)c1. The van der Waals surface area contributed by atoms with Crippen molar-refractivity contribution in [2.24, 2.45) is 0 Å². The van der Waals surface area contributed by atoms with Gasteiger partial charge in [0.2, 0.25) is 11.7 Å². The molecule has 3 aromatic rings. The summed E-state index contributed by atoms with van der Waals surface area (Å²) in [4.78, 5) is 9.20. The minimum Gasteiger partial charge on any atom is -0.497 e. The highest BCUT2D eigenvalue weighted by Crippen LogP contribution is 2.23. The van der Waals surface area contributed by atoms with Crippen LogP contribution in [0.25, 0.3) is 11.4 Å². The van der Waals surface area contributed by atoms with Crippen molar-refractivity contribution in [1.29, 1.82) is 0 Å². The van der Waals surface area contributed by atoms with Crippen LogP contribution in [0.1, 0.15) is 5.89 Å². The Morgan fingerprint density at radius 1 is 1.07 bits per heavy atom. The van der Waals surface area contributed by atoms with Crippen LogP contribution < -0.4 is 9.64 Å². The van der Waals surface area contributed by atoms with E-state index in [9.17, 15) is 0 Å². The van der Waals surface area contributed by atoms with Crippen LogP contribution in [0.15, 0.2) is 53.1 Å². The van der Waals surface area contributed by atoms with Crippen LogP contribution in [0.2, 0.25) is 5.02 Å². The largest absolute Gasteiger partial charge is 0.497 e. The summed E-state index contributed by atoms with van der Waals surface area (Å²) in [7, 11) is 1.64. The molecule has 0 saturated carbocycles. The molecule has 2 aromatic carbocycles. The molecule has 2 heterocycles. The molecule has 0 bridgehead atoms. The molecule has 1 aliphatic rings.